The molecule has 0 radical (unpaired) electrons. The van der Waals surface area contributed by atoms with Gasteiger partial charge >= 0.3 is 0 Å². The van der Waals surface area contributed by atoms with Crippen molar-refractivity contribution in [1.29, 1.82) is 0 Å². The number of ether oxygens (including phenoxy) is 3. The third-order valence-electron chi connectivity index (χ3n) is 4.79. The molecule has 0 aliphatic carbocycles. The van der Waals surface area contributed by atoms with Gasteiger partial charge in [0.1, 0.15) is 23.3 Å². The van der Waals surface area contributed by atoms with Crippen LogP contribution in [0.25, 0.3) is 6.08 Å². The van der Waals surface area contributed by atoms with Gasteiger partial charge in [0.15, 0.2) is 11.5 Å². The number of rotatable bonds is 9. The predicted octanol–water partition coefficient (Wildman–Crippen LogP) is 5.16. The number of hydrogen-bond donors (Lipinski definition) is 1. The smallest absolute Gasteiger partial charge is 0.263 e. The van der Waals surface area contributed by atoms with Crippen LogP contribution in [0.15, 0.2) is 47.4 Å². The number of methoxy groups -OCH3 is 1. The first kappa shape index (κ1) is 22.2. The average Bonchev–Trinajstić information content (AvgIpc) is 3.08. The van der Waals surface area contributed by atoms with E-state index in [0.717, 1.165) is 17.7 Å². The van der Waals surface area contributed by atoms with Crippen molar-refractivity contribution in [2.24, 2.45) is 0 Å². The summed E-state index contributed by atoms with van der Waals surface area (Å²) in [6.45, 7) is 5.18. The number of thioether (sulfide) groups is 1. The molecule has 2 aromatic carbocycles. The topological polar surface area (TPSA) is 56.8 Å². The van der Waals surface area contributed by atoms with Gasteiger partial charge < -0.3 is 19.5 Å². The zero-order chi connectivity index (χ0) is 21.5. The lowest BCUT2D eigenvalue weighted by Gasteiger charge is -2.16. The second-order valence-corrected chi connectivity index (χ2v) is 8.53. The molecule has 1 heterocycles. The number of thiocarbonyl (C=S) groups is 1. The molecule has 1 atom stereocenters. The predicted molar refractivity (Wildman–Crippen MR) is 125 cm³/mol. The van der Waals surface area contributed by atoms with E-state index in [1.807, 2.05) is 36.4 Å². The Balaban J connectivity index is 1.61. The summed E-state index contributed by atoms with van der Waals surface area (Å²) in [5.41, 5.74) is 2.04. The fourth-order valence-corrected chi connectivity index (χ4v) is 4.05. The van der Waals surface area contributed by atoms with Crippen LogP contribution in [0.5, 0.6) is 17.2 Å². The Morgan fingerprint density at radius 1 is 1.10 bits per heavy atom. The quantitative estimate of drug-likeness (QED) is 0.328. The highest BCUT2D eigenvalue weighted by Gasteiger charge is 2.22. The van der Waals surface area contributed by atoms with E-state index >= 15 is 0 Å². The fourth-order valence-electron chi connectivity index (χ4n) is 3.01. The number of hydrogen-bond acceptors (Lipinski definition) is 6. The molecule has 5 nitrogen and oxygen atoms in total. The maximum absolute atomic E-state index is 11.8. The molecule has 1 unspecified atom stereocenters. The lowest BCUT2D eigenvalue weighted by Crippen LogP contribution is -2.17. The van der Waals surface area contributed by atoms with Crippen LogP contribution < -0.4 is 19.5 Å². The summed E-state index contributed by atoms with van der Waals surface area (Å²) >= 11 is 6.26. The maximum atomic E-state index is 11.8. The van der Waals surface area contributed by atoms with Crippen molar-refractivity contribution >= 4 is 40.3 Å². The van der Waals surface area contributed by atoms with E-state index in [1.54, 1.807) is 13.2 Å². The molecule has 3 rings (SSSR count). The van der Waals surface area contributed by atoms with Crippen LogP contribution in [-0.2, 0) is 4.79 Å². The van der Waals surface area contributed by atoms with Gasteiger partial charge in [-0.1, -0.05) is 62.1 Å². The summed E-state index contributed by atoms with van der Waals surface area (Å²) in [5.74, 6) is 2.37. The molecule has 1 N–H and O–H groups in total. The molecule has 30 heavy (non-hydrogen) atoms. The first-order valence-corrected chi connectivity index (χ1v) is 11.0. The minimum absolute atomic E-state index is 0.181. The Labute approximate surface area is 186 Å². The van der Waals surface area contributed by atoms with Gasteiger partial charge in [0, 0.05) is 0 Å². The van der Waals surface area contributed by atoms with Crippen LogP contribution in [0.2, 0.25) is 0 Å². The van der Waals surface area contributed by atoms with E-state index in [-0.39, 0.29) is 5.91 Å². The van der Waals surface area contributed by atoms with Gasteiger partial charge in [-0.15, -0.1) is 0 Å². The number of carbonyl (C=O) groups is 1. The van der Waals surface area contributed by atoms with Crippen molar-refractivity contribution in [3.8, 4) is 17.2 Å². The highest BCUT2D eigenvalue weighted by atomic mass is 32.2. The second kappa shape index (κ2) is 10.5. The molecule has 1 aliphatic heterocycles. The van der Waals surface area contributed by atoms with Crippen molar-refractivity contribution in [2.45, 2.75) is 26.2 Å². The minimum Gasteiger partial charge on any atom is -0.493 e. The van der Waals surface area contributed by atoms with Crippen LogP contribution >= 0.6 is 24.0 Å². The van der Waals surface area contributed by atoms with Crippen LogP contribution in [0, 0.1) is 0 Å². The van der Waals surface area contributed by atoms with Gasteiger partial charge in [0.2, 0.25) is 0 Å². The van der Waals surface area contributed by atoms with Gasteiger partial charge in [-0.25, -0.2) is 0 Å². The summed E-state index contributed by atoms with van der Waals surface area (Å²) < 4.78 is 17.7. The minimum atomic E-state index is -0.181. The van der Waals surface area contributed by atoms with Crippen LogP contribution in [0.1, 0.15) is 37.3 Å². The van der Waals surface area contributed by atoms with Crippen molar-refractivity contribution in [3.05, 3.63) is 58.5 Å². The molecule has 1 aliphatic rings. The van der Waals surface area contributed by atoms with E-state index in [1.165, 1.54) is 17.3 Å². The average molecular weight is 444 g/mol. The molecule has 0 aromatic heterocycles. The number of carbonyl (C=O) groups excluding carboxylic acids is 1. The molecular formula is C23H25NO4S2. The third-order valence-corrected chi connectivity index (χ3v) is 5.95. The van der Waals surface area contributed by atoms with Gasteiger partial charge in [0.05, 0.1) is 12.0 Å². The fraction of sp³-hybridized carbons (Fsp3) is 0.304. The number of para-hydroxylation sites is 1. The van der Waals surface area contributed by atoms with Crippen molar-refractivity contribution in [2.75, 3.05) is 20.3 Å². The van der Waals surface area contributed by atoms with E-state index in [2.05, 4.69) is 25.2 Å². The lowest BCUT2D eigenvalue weighted by molar-refractivity contribution is -0.115. The van der Waals surface area contributed by atoms with E-state index < -0.39 is 0 Å². The SMILES string of the molecule is CCC(C)c1ccccc1OCCOc1ccc(/C=C2\SC(=S)NC2=O)cc1OC. The zero-order valence-electron chi connectivity index (χ0n) is 17.3. The van der Waals surface area contributed by atoms with Crippen molar-refractivity contribution < 1.29 is 19.0 Å². The van der Waals surface area contributed by atoms with Gasteiger partial charge in [0.25, 0.3) is 5.91 Å². The van der Waals surface area contributed by atoms with Gasteiger partial charge in [-0.05, 0) is 47.7 Å². The zero-order valence-corrected chi connectivity index (χ0v) is 18.9. The number of benzene rings is 2. The van der Waals surface area contributed by atoms with E-state index in [4.69, 9.17) is 26.4 Å². The molecule has 1 fully saturated rings. The molecule has 1 saturated heterocycles. The standard InChI is InChI=1S/C23H25NO4S2/c1-4-15(2)17-7-5-6-8-18(17)27-11-12-28-19-10-9-16(13-20(19)26-3)14-21-22(25)24-23(29)30-21/h5-10,13-15H,4,11-12H2,1-3H3,(H,24,25,29)/b21-14-. The molecule has 1 amide bonds. The number of amides is 1. The summed E-state index contributed by atoms with van der Waals surface area (Å²) in [6.07, 6.45) is 2.84. The van der Waals surface area contributed by atoms with Crippen molar-refractivity contribution in [1.82, 2.24) is 5.32 Å². The Morgan fingerprint density at radius 2 is 1.83 bits per heavy atom. The van der Waals surface area contributed by atoms with Gasteiger partial charge in [-0.3, -0.25) is 4.79 Å². The maximum Gasteiger partial charge on any atom is 0.263 e. The third kappa shape index (κ3) is 5.55. The summed E-state index contributed by atoms with van der Waals surface area (Å²) in [4.78, 5) is 12.4. The molecular weight excluding hydrogens is 418 g/mol. The largest absolute Gasteiger partial charge is 0.493 e. The molecule has 2 aromatic rings. The highest BCUT2D eigenvalue weighted by molar-refractivity contribution is 8.26. The summed E-state index contributed by atoms with van der Waals surface area (Å²) in [7, 11) is 1.59. The van der Waals surface area contributed by atoms with Crippen LogP contribution in [0.3, 0.4) is 0 Å². The monoisotopic (exact) mass is 443 g/mol. The molecule has 7 heteroatoms. The van der Waals surface area contributed by atoms with Crippen LogP contribution in [0.4, 0.5) is 0 Å². The summed E-state index contributed by atoms with van der Waals surface area (Å²) in [5, 5.41) is 2.61. The second-order valence-electron chi connectivity index (χ2n) is 6.81. The van der Waals surface area contributed by atoms with Gasteiger partial charge in [-0.2, -0.15) is 0 Å². The Morgan fingerprint density at radius 3 is 2.50 bits per heavy atom. The molecule has 0 saturated carbocycles. The van der Waals surface area contributed by atoms with Crippen molar-refractivity contribution in [3.63, 3.8) is 0 Å². The summed E-state index contributed by atoms with van der Waals surface area (Å²) in [6, 6.07) is 13.6. The molecule has 0 spiro atoms. The Kier molecular flexibility index (Phi) is 7.76. The first-order chi connectivity index (χ1) is 14.5. The number of nitrogens with one attached hydrogen (secondary N) is 1. The van der Waals surface area contributed by atoms with E-state index in [0.29, 0.717) is 39.9 Å². The normalized spacial score (nSPS) is 15.8. The van der Waals surface area contributed by atoms with Crippen LogP contribution in [-0.4, -0.2) is 30.6 Å². The molecule has 0 bridgehead atoms. The highest BCUT2D eigenvalue weighted by Crippen LogP contribution is 2.32. The molecule has 158 valence electrons. The lowest BCUT2D eigenvalue weighted by atomic mass is 9.98. The Bertz CT molecular complexity index is 958. The first-order valence-electron chi connectivity index (χ1n) is 9.79. The Hall–Kier alpha value is -2.51. The van der Waals surface area contributed by atoms with E-state index in [9.17, 15) is 4.79 Å².